The first-order valence-corrected chi connectivity index (χ1v) is 6.84. The minimum absolute atomic E-state index is 0.203. The van der Waals surface area contributed by atoms with Gasteiger partial charge in [-0.15, -0.1) is 0 Å². The van der Waals surface area contributed by atoms with E-state index < -0.39 is 24.0 Å². The minimum Gasteiger partial charge on any atom is -0.468 e. The van der Waals surface area contributed by atoms with Crippen LogP contribution in [0.4, 0.5) is 0 Å². The third-order valence-corrected chi connectivity index (χ3v) is 3.06. The van der Waals surface area contributed by atoms with Crippen molar-refractivity contribution < 1.29 is 19.1 Å². The highest BCUT2D eigenvalue weighted by atomic mass is 16.5. The molecule has 2 atom stereocenters. The molecule has 116 valence electrons. The van der Waals surface area contributed by atoms with Gasteiger partial charge in [-0.25, -0.2) is 0 Å². The van der Waals surface area contributed by atoms with Crippen LogP contribution in [0.25, 0.3) is 0 Å². The third-order valence-electron chi connectivity index (χ3n) is 3.06. The van der Waals surface area contributed by atoms with Gasteiger partial charge in [0.25, 0.3) is 0 Å². The monoisotopic (exact) mass is 294 g/mol. The number of rotatable bonds is 8. The van der Waals surface area contributed by atoms with Gasteiger partial charge in [0.15, 0.2) is 0 Å². The Labute approximate surface area is 124 Å². The SMILES string of the molecule is COC(=O)[C@@H](N)CCCC(N)C(=O)OCc1ccccc1. The molecule has 1 aromatic carbocycles. The van der Waals surface area contributed by atoms with Crippen molar-refractivity contribution in [2.45, 2.75) is 38.0 Å². The molecular weight excluding hydrogens is 272 g/mol. The fourth-order valence-corrected chi connectivity index (χ4v) is 1.78. The van der Waals surface area contributed by atoms with E-state index in [1.165, 1.54) is 7.11 Å². The predicted molar refractivity (Wildman–Crippen MR) is 78.1 cm³/mol. The average molecular weight is 294 g/mol. The Morgan fingerprint density at radius 1 is 1.05 bits per heavy atom. The van der Waals surface area contributed by atoms with Crippen molar-refractivity contribution in [1.82, 2.24) is 0 Å². The molecule has 0 bridgehead atoms. The summed E-state index contributed by atoms with van der Waals surface area (Å²) in [4.78, 5) is 22.8. The van der Waals surface area contributed by atoms with E-state index >= 15 is 0 Å². The molecule has 0 aliphatic carbocycles. The van der Waals surface area contributed by atoms with Gasteiger partial charge in [-0.1, -0.05) is 30.3 Å². The van der Waals surface area contributed by atoms with E-state index in [1.54, 1.807) is 0 Å². The molecule has 0 aromatic heterocycles. The molecule has 6 heteroatoms. The Kier molecular flexibility index (Phi) is 7.42. The first kappa shape index (κ1) is 17.1. The lowest BCUT2D eigenvalue weighted by Gasteiger charge is -2.13. The van der Waals surface area contributed by atoms with Crippen LogP contribution in [0.5, 0.6) is 0 Å². The summed E-state index contributed by atoms with van der Waals surface area (Å²) in [6.45, 7) is 0.203. The zero-order valence-corrected chi connectivity index (χ0v) is 12.2. The summed E-state index contributed by atoms with van der Waals surface area (Å²) in [7, 11) is 1.29. The lowest BCUT2D eigenvalue weighted by atomic mass is 10.1. The molecule has 0 saturated carbocycles. The fourth-order valence-electron chi connectivity index (χ4n) is 1.78. The molecule has 21 heavy (non-hydrogen) atoms. The summed E-state index contributed by atoms with van der Waals surface area (Å²) in [6, 6.07) is 7.99. The summed E-state index contributed by atoms with van der Waals surface area (Å²) in [5.74, 6) is -0.916. The van der Waals surface area contributed by atoms with Crippen LogP contribution in [-0.4, -0.2) is 31.1 Å². The summed E-state index contributed by atoms with van der Waals surface area (Å²) < 4.78 is 9.65. The first-order valence-electron chi connectivity index (χ1n) is 6.84. The highest BCUT2D eigenvalue weighted by molar-refractivity contribution is 5.76. The van der Waals surface area contributed by atoms with E-state index in [-0.39, 0.29) is 6.61 Å². The van der Waals surface area contributed by atoms with Gasteiger partial charge in [-0.3, -0.25) is 9.59 Å². The van der Waals surface area contributed by atoms with Crippen molar-refractivity contribution >= 4 is 11.9 Å². The Bertz CT molecular complexity index is 450. The van der Waals surface area contributed by atoms with Crippen molar-refractivity contribution in [2.75, 3.05) is 7.11 Å². The van der Waals surface area contributed by atoms with Crippen LogP contribution in [0, 0.1) is 0 Å². The van der Waals surface area contributed by atoms with Crippen molar-refractivity contribution in [2.24, 2.45) is 11.5 Å². The largest absolute Gasteiger partial charge is 0.468 e. The summed E-state index contributed by atoms with van der Waals surface area (Å²) >= 11 is 0. The van der Waals surface area contributed by atoms with Crippen molar-refractivity contribution in [3.8, 4) is 0 Å². The van der Waals surface area contributed by atoms with Crippen molar-refractivity contribution in [1.29, 1.82) is 0 Å². The van der Waals surface area contributed by atoms with E-state index in [9.17, 15) is 9.59 Å². The van der Waals surface area contributed by atoms with Gasteiger partial charge in [-0.05, 0) is 24.8 Å². The molecular formula is C15H22N2O4. The Morgan fingerprint density at radius 3 is 2.19 bits per heavy atom. The van der Waals surface area contributed by atoms with E-state index in [1.807, 2.05) is 30.3 Å². The zero-order valence-electron chi connectivity index (χ0n) is 12.2. The second kappa shape index (κ2) is 9.10. The molecule has 0 aliphatic rings. The van der Waals surface area contributed by atoms with Crippen molar-refractivity contribution in [3.63, 3.8) is 0 Å². The molecule has 4 N–H and O–H groups in total. The first-order chi connectivity index (χ1) is 10.0. The molecule has 0 heterocycles. The molecule has 1 rings (SSSR count). The molecule has 1 unspecified atom stereocenters. The van der Waals surface area contributed by atoms with Crippen LogP contribution < -0.4 is 11.5 Å². The number of hydrogen-bond acceptors (Lipinski definition) is 6. The maximum Gasteiger partial charge on any atom is 0.323 e. The van der Waals surface area contributed by atoms with Gasteiger partial charge in [0.2, 0.25) is 0 Å². The fraction of sp³-hybridized carbons (Fsp3) is 0.467. The van der Waals surface area contributed by atoms with Gasteiger partial charge in [0.1, 0.15) is 18.7 Å². The van der Waals surface area contributed by atoms with Gasteiger partial charge < -0.3 is 20.9 Å². The lowest BCUT2D eigenvalue weighted by Crippen LogP contribution is -2.34. The summed E-state index contributed by atoms with van der Waals surface area (Å²) in [5, 5.41) is 0. The number of ether oxygens (including phenoxy) is 2. The number of carbonyl (C=O) groups excluding carboxylic acids is 2. The molecule has 0 saturated heterocycles. The average Bonchev–Trinajstić information content (AvgIpc) is 2.52. The highest BCUT2D eigenvalue weighted by Gasteiger charge is 2.18. The number of hydrogen-bond donors (Lipinski definition) is 2. The number of nitrogens with two attached hydrogens (primary N) is 2. The Balaban J connectivity index is 2.24. The maximum atomic E-state index is 11.7. The molecule has 1 aromatic rings. The zero-order chi connectivity index (χ0) is 15.7. The quantitative estimate of drug-likeness (QED) is 0.685. The number of esters is 2. The van der Waals surface area contributed by atoms with Crippen molar-refractivity contribution in [3.05, 3.63) is 35.9 Å². The van der Waals surface area contributed by atoms with Crippen LogP contribution >= 0.6 is 0 Å². The Morgan fingerprint density at radius 2 is 1.62 bits per heavy atom. The smallest absolute Gasteiger partial charge is 0.323 e. The standard InChI is InChI=1S/C15H22N2O4/c1-20-14(18)12(16)8-5-9-13(17)15(19)21-10-11-6-3-2-4-7-11/h2-4,6-7,12-13H,5,8-10,16-17H2,1H3/t12-,13?/m0/s1. The van der Waals surface area contributed by atoms with Crippen LogP contribution in [-0.2, 0) is 25.7 Å². The molecule has 0 radical (unpaired) electrons. The third kappa shape index (κ3) is 6.37. The van der Waals surface area contributed by atoms with Gasteiger partial charge >= 0.3 is 11.9 Å². The van der Waals surface area contributed by atoms with E-state index in [0.29, 0.717) is 19.3 Å². The molecule has 0 fully saturated rings. The predicted octanol–water partition coefficient (Wildman–Crippen LogP) is 0.728. The van der Waals surface area contributed by atoms with Crippen LogP contribution in [0.2, 0.25) is 0 Å². The molecule has 0 spiro atoms. The second-order valence-electron chi connectivity index (χ2n) is 4.76. The second-order valence-corrected chi connectivity index (χ2v) is 4.76. The number of benzene rings is 1. The van der Waals surface area contributed by atoms with Crippen LogP contribution in [0.15, 0.2) is 30.3 Å². The van der Waals surface area contributed by atoms with Gasteiger partial charge in [0.05, 0.1) is 7.11 Å². The topological polar surface area (TPSA) is 105 Å². The number of methoxy groups -OCH3 is 1. The Hall–Kier alpha value is -1.92. The maximum absolute atomic E-state index is 11.7. The molecule has 0 aliphatic heterocycles. The number of carbonyl (C=O) groups is 2. The van der Waals surface area contributed by atoms with Crippen LogP contribution in [0.3, 0.4) is 0 Å². The van der Waals surface area contributed by atoms with Gasteiger partial charge in [-0.2, -0.15) is 0 Å². The normalized spacial score (nSPS) is 13.3. The minimum atomic E-state index is -0.710. The lowest BCUT2D eigenvalue weighted by molar-refractivity contribution is -0.146. The highest BCUT2D eigenvalue weighted by Crippen LogP contribution is 2.06. The van der Waals surface area contributed by atoms with Gasteiger partial charge in [0, 0.05) is 0 Å². The summed E-state index contributed by atoms with van der Waals surface area (Å²) in [6.07, 6.45) is 1.39. The van der Waals surface area contributed by atoms with E-state index in [4.69, 9.17) is 16.2 Å². The van der Waals surface area contributed by atoms with E-state index in [2.05, 4.69) is 4.74 Å². The van der Waals surface area contributed by atoms with Crippen LogP contribution in [0.1, 0.15) is 24.8 Å². The molecule has 6 nitrogen and oxygen atoms in total. The van der Waals surface area contributed by atoms with E-state index in [0.717, 1.165) is 5.56 Å². The summed E-state index contributed by atoms with van der Waals surface area (Å²) in [5.41, 5.74) is 12.2. The molecule has 0 amide bonds.